The Morgan fingerprint density at radius 2 is 1.55 bits per heavy atom. The lowest BCUT2D eigenvalue weighted by atomic mass is 9.78. The molecular weight excluding hydrogens is 628 g/mol. The maximum Gasteiger partial charge on any atom is 0.416 e. The standard InChI is InChI=1S/C33H39F6N5O3/c1-19-6-4-5-7-24(19)28-26-18-43(29(45)21-10-13-42(14-11-21)30(40)46)17-22(26)12-15-44(28)31(47)41(3)20(2)25-9-8-23(32(34,35)36)16-27(25)33(37,38)39/h4-9,16,20-22,26,28H,10-15,17-18H2,1-3H3,(H2,40,46)/t20?,22?,26-,28+/m1/s1. The van der Waals surface area contributed by atoms with E-state index in [9.17, 15) is 40.7 Å². The topological polar surface area (TPSA) is 90.2 Å². The number of carbonyl (C=O) groups excluding carboxylic acids is 3. The SMILES string of the molecule is Cc1ccccc1[C@H]1[C@@H]2CN(C(=O)C3CCN(C(N)=O)CC3)CC2CCN1C(=O)N(C)C(C)c1ccc(C(F)(F)F)cc1C(F)(F)F. The van der Waals surface area contributed by atoms with Gasteiger partial charge in [-0.15, -0.1) is 0 Å². The highest BCUT2D eigenvalue weighted by Crippen LogP contribution is 2.46. The Bertz CT molecular complexity index is 1510. The summed E-state index contributed by atoms with van der Waals surface area (Å²) in [5.41, 5.74) is 3.87. The van der Waals surface area contributed by atoms with E-state index in [1.54, 1.807) is 4.90 Å². The van der Waals surface area contributed by atoms with Crippen LogP contribution in [0, 0.1) is 24.7 Å². The predicted molar refractivity (Wildman–Crippen MR) is 161 cm³/mol. The van der Waals surface area contributed by atoms with Gasteiger partial charge in [-0.2, -0.15) is 26.3 Å². The lowest BCUT2D eigenvalue weighted by Gasteiger charge is -2.45. The molecule has 0 aromatic heterocycles. The molecule has 3 aliphatic heterocycles. The number of primary amides is 1. The van der Waals surface area contributed by atoms with Crippen LogP contribution in [0.1, 0.15) is 66.1 Å². The highest BCUT2D eigenvalue weighted by Gasteiger charge is 2.49. The lowest BCUT2D eigenvalue weighted by molar-refractivity contribution is -0.143. The molecular formula is C33H39F6N5O3. The molecule has 0 radical (unpaired) electrons. The Labute approximate surface area is 269 Å². The van der Waals surface area contributed by atoms with E-state index in [0.717, 1.165) is 22.1 Å². The van der Waals surface area contributed by atoms with Gasteiger partial charge < -0.3 is 25.3 Å². The Morgan fingerprint density at radius 1 is 0.894 bits per heavy atom. The number of nitrogens with two attached hydrogens (primary N) is 1. The fourth-order valence-corrected chi connectivity index (χ4v) is 7.47. The number of halogens is 6. The fraction of sp³-hybridized carbons (Fsp3) is 0.545. The second-order valence-electron chi connectivity index (χ2n) is 12.9. The average molecular weight is 668 g/mol. The molecule has 3 fully saturated rings. The number of piperidine rings is 2. The normalized spacial score (nSPS) is 23.0. The number of hydrogen-bond acceptors (Lipinski definition) is 3. The number of amides is 5. The van der Waals surface area contributed by atoms with Gasteiger partial charge in [0.2, 0.25) is 5.91 Å². The van der Waals surface area contributed by atoms with Crippen molar-refractivity contribution in [1.29, 1.82) is 0 Å². The predicted octanol–water partition coefficient (Wildman–Crippen LogP) is 6.46. The van der Waals surface area contributed by atoms with Gasteiger partial charge in [0.05, 0.1) is 23.2 Å². The van der Waals surface area contributed by atoms with Gasteiger partial charge >= 0.3 is 24.4 Å². The van der Waals surface area contributed by atoms with Gasteiger partial charge in [-0.25, -0.2) is 9.59 Å². The third kappa shape index (κ3) is 6.87. The summed E-state index contributed by atoms with van der Waals surface area (Å²) < 4.78 is 82.0. The highest BCUT2D eigenvalue weighted by molar-refractivity contribution is 5.80. The van der Waals surface area contributed by atoms with E-state index in [2.05, 4.69) is 0 Å². The minimum Gasteiger partial charge on any atom is -0.351 e. The number of nitrogens with zero attached hydrogens (tertiary/aromatic N) is 4. The first kappa shape index (κ1) is 34.4. The molecule has 0 saturated carbocycles. The molecule has 3 saturated heterocycles. The van der Waals surface area contributed by atoms with Crippen molar-refractivity contribution in [1.82, 2.24) is 19.6 Å². The van der Waals surface area contributed by atoms with Crippen molar-refractivity contribution in [2.75, 3.05) is 39.8 Å². The Hall–Kier alpha value is -3.97. The van der Waals surface area contributed by atoms with E-state index in [1.807, 2.05) is 36.1 Å². The van der Waals surface area contributed by atoms with Crippen LogP contribution in [-0.4, -0.2) is 77.3 Å². The smallest absolute Gasteiger partial charge is 0.351 e. The molecule has 14 heteroatoms. The minimum atomic E-state index is -5.08. The zero-order valence-corrected chi connectivity index (χ0v) is 26.4. The van der Waals surface area contributed by atoms with Crippen LogP contribution in [0.2, 0.25) is 0 Å². The van der Waals surface area contributed by atoms with Crippen molar-refractivity contribution in [3.63, 3.8) is 0 Å². The summed E-state index contributed by atoms with van der Waals surface area (Å²) in [5, 5.41) is 0. The summed E-state index contributed by atoms with van der Waals surface area (Å²) in [7, 11) is 1.36. The van der Waals surface area contributed by atoms with Gasteiger partial charge in [-0.1, -0.05) is 30.3 Å². The van der Waals surface area contributed by atoms with E-state index in [1.165, 1.54) is 18.9 Å². The van der Waals surface area contributed by atoms with E-state index < -0.39 is 53.2 Å². The second kappa shape index (κ2) is 12.9. The van der Waals surface area contributed by atoms with E-state index >= 15 is 0 Å². The number of benzene rings is 2. The monoisotopic (exact) mass is 667 g/mol. The van der Waals surface area contributed by atoms with Crippen LogP contribution >= 0.6 is 0 Å². The quantitative estimate of drug-likeness (QED) is 0.380. The molecule has 5 amide bonds. The lowest BCUT2D eigenvalue weighted by Crippen LogP contribution is -2.51. The Balaban J connectivity index is 1.41. The molecule has 0 bridgehead atoms. The number of hydrogen-bond donors (Lipinski definition) is 1. The van der Waals surface area contributed by atoms with Gasteiger partial charge in [0.1, 0.15) is 0 Å². The van der Waals surface area contributed by atoms with Crippen LogP contribution in [0.4, 0.5) is 35.9 Å². The number of urea groups is 2. The third-order valence-electron chi connectivity index (χ3n) is 10.2. The highest BCUT2D eigenvalue weighted by atomic mass is 19.4. The van der Waals surface area contributed by atoms with Crippen molar-refractivity contribution in [2.24, 2.45) is 23.5 Å². The van der Waals surface area contributed by atoms with Crippen molar-refractivity contribution >= 4 is 18.0 Å². The number of alkyl halides is 6. The van der Waals surface area contributed by atoms with Gasteiger partial charge in [-0.05, 0) is 67.9 Å². The summed E-state index contributed by atoms with van der Waals surface area (Å²) in [5.74, 6) is -0.326. The van der Waals surface area contributed by atoms with Gasteiger partial charge in [0.15, 0.2) is 0 Å². The largest absolute Gasteiger partial charge is 0.416 e. The third-order valence-corrected chi connectivity index (χ3v) is 10.2. The van der Waals surface area contributed by atoms with Gasteiger partial charge in [0, 0.05) is 51.6 Å². The second-order valence-corrected chi connectivity index (χ2v) is 12.9. The number of likely N-dealkylation sites (tertiary alicyclic amines) is 3. The molecule has 47 heavy (non-hydrogen) atoms. The molecule has 2 aromatic rings. The fourth-order valence-electron chi connectivity index (χ4n) is 7.47. The van der Waals surface area contributed by atoms with Crippen LogP contribution in [0.3, 0.4) is 0 Å². The zero-order valence-electron chi connectivity index (χ0n) is 26.4. The summed E-state index contributed by atoms with van der Waals surface area (Å²) in [6.07, 6.45) is -8.46. The molecule has 2 N–H and O–H groups in total. The van der Waals surface area contributed by atoms with E-state index in [4.69, 9.17) is 5.73 Å². The number of carbonyl (C=O) groups is 3. The summed E-state index contributed by atoms with van der Waals surface area (Å²) in [4.78, 5) is 45.5. The maximum absolute atomic E-state index is 14.2. The van der Waals surface area contributed by atoms with E-state index in [-0.39, 0.29) is 36.3 Å². The van der Waals surface area contributed by atoms with Crippen LogP contribution in [0.5, 0.6) is 0 Å². The number of aryl methyl sites for hydroxylation is 1. The molecule has 3 heterocycles. The number of fused-ring (bicyclic) bond motifs is 1. The van der Waals surface area contributed by atoms with Crippen LogP contribution < -0.4 is 5.73 Å². The summed E-state index contributed by atoms with van der Waals surface area (Å²) in [6, 6.07) is 6.27. The summed E-state index contributed by atoms with van der Waals surface area (Å²) in [6.45, 7) is 5.27. The van der Waals surface area contributed by atoms with Crippen molar-refractivity contribution in [3.8, 4) is 0 Å². The molecule has 8 nitrogen and oxygen atoms in total. The van der Waals surface area contributed by atoms with Crippen molar-refractivity contribution in [3.05, 3.63) is 70.3 Å². The molecule has 2 aromatic carbocycles. The van der Waals surface area contributed by atoms with Crippen LogP contribution in [0.25, 0.3) is 0 Å². The maximum atomic E-state index is 14.2. The van der Waals surface area contributed by atoms with Crippen molar-refractivity contribution < 1.29 is 40.7 Å². The van der Waals surface area contributed by atoms with Crippen molar-refractivity contribution in [2.45, 2.75) is 57.5 Å². The zero-order chi connectivity index (χ0) is 34.4. The molecule has 3 aliphatic rings. The first-order chi connectivity index (χ1) is 22.0. The average Bonchev–Trinajstić information content (AvgIpc) is 3.47. The Kier molecular flexibility index (Phi) is 9.44. The molecule has 0 spiro atoms. The summed E-state index contributed by atoms with van der Waals surface area (Å²) >= 11 is 0. The minimum absolute atomic E-state index is 0.00217. The molecule has 5 rings (SSSR count). The van der Waals surface area contributed by atoms with Gasteiger partial charge in [-0.3, -0.25) is 4.79 Å². The molecule has 4 atom stereocenters. The molecule has 0 aliphatic carbocycles. The first-order valence-corrected chi connectivity index (χ1v) is 15.7. The molecule has 2 unspecified atom stereocenters. The number of rotatable bonds is 4. The Morgan fingerprint density at radius 3 is 2.15 bits per heavy atom. The van der Waals surface area contributed by atoms with Crippen LogP contribution in [0.15, 0.2) is 42.5 Å². The van der Waals surface area contributed by atoms with Gasteiger partial charge in [0.25, 0.3) is 0 Å². The van der Waals surface area contributed by atoms with E-state index in [0.29, 0.717) is 51.5 Å². The molecule has 256 valence electrons. The first-order valence-electron chi connectivity index (χ1n) is 15.7. The van der Waals surface area contributed by atoms with Crippen LogP contribution in [-0.2, 0) is 17.1 Å².